The second-order valence-electron chi connectivity index (χ2n) is 26.1. The number of carbonyl (C=O) groups is 14. The van der Waals surface area contributed by atoms with E-state index in [4.69, 9.17) is 27.0 Å². The van der Waals surface area contributed by atoms with Crippen LogP contribution in [0.15, 0.2) is 104 Å². The number of aromatic nitrogens is 1. The molecule has 2 aliphatic rings. The van der Waals surface area contributed by atoms with Crippen LogP contribution in [0.5, 0.6) is 0 Å². The maximum Gasteiger partial charge on any atom is 0.407 e. The number of carbonyl (C=O) groups excluding carboxylic acids is 13. The SMILES string of the molecule is C=CC[C@H](NC(=O)[C@H](CCCNC(C)=N)NC(=O)[C@H](Cc1cc2ccccc2[nH]1)NC(=O)[C@H](C)NC(=O)[C@H](CS)NC(=O)[C@H](CCCNC(=N)N)NC(=O)C1CCCN1C(=O)[C@H](CC(=O)O)NC(=O)[C@H](CO)NC(=O)[C@H](CC=C)NC(=O)[C@H](CS)NC(=O)CNC(=O)OCC1c2ccccc2-c2ccccc21)C(N)=O. The number of para-hydroxylation sites is 1. The number of carboxylic acids is 1. The third-order valence-corrected chi connectivity index (χ3v) is 18.6. The number of nitrogens with two attached hydrogens (primary N) is 2. The highest BCUT2D eigenvalue weighted by molar-refractivity contribution is 7.80. The van der Waals surface area contributed by atoms with E-state index < -0.39 is 181 Å². The molecule has 3 aromatic carbocycles. The van der Waals surface area contributed by atoms with Gasteiger partial charge in [0, 0.05) is 54.7 Å². The van der Waals surface area contributed by atoms with Gasteiger partial charge in [-0.3, -0.25) is 73.1 Å². The number of aliphatic hydroxyl groups is 1. The molecule has 0 saturated carbocycles. The van der Waals surface area contributed by atoms with Crippen LogP contribution in [0, 0.1) is 10.8 Å². The molecule has 36 nitrogen and oxygen atoms in total. The number of thiol groups is 2. The number of benzene rings is 3. The van der Waals surface area contributed by atoms with E-state index in [1.807, 2.05) is 54.6 Å². The van der Waals surface area contributed by atoms with Crippen molar-refractivity contribution in [1.29, 1.82) is 10.8 Å². The lowest BCUT2D eigenvalue weighted by Crippen LogP contribution is -2.61. The summed E-state index contributed by atoms with van der Waals surface area (Å²) in [5, 5.41) is 69.0. The smallest absolute Gasteiger partial charge is 0.407 e. The van der Waals surface area contributed by atoms with Crippen LogP contribution in [-0.2, 0) is 73.5 Å². The van der Waals surface area contributed by atoms with Crippen LogP contribution in [0.1, 0.15) is 94.4 Å². The van der Waals surface area contributed by atoms with E-state index in [9.17, 15) is 77.3 Å². The van der Waals surface area contributed by atoms with Crippen LogP contribution in [-0.4, -0.2) is 232 Å². The molecule has 13 amide bonds. The van der Waals surface area contributed by atoms with Crippen molar-refractivity contribution in [3.63, 3.8) is 0 Å². The van der Waals surface area contributed by atoms with Crippen molar-refractivity contribution >= 4 is 131 Å². The minimum atomic E-state index is -1.95. The van der Waals surface area contributed by atoms with Gasteiger partial charge in [0.2, 0.25) is 70.9 Å². The van der Waals surface area contributed by atoms with Gasteiger partial charge in [-0.2, -0.15) is 25.3 Å². The Bertz CT molecular complexity index is 3970. The van der Waals surface area contributed by atoms with Gasteiger partial charge in [-0.1, -0.05) is 78.9 Å². The highest BCUT2D eigenvalue weighted by atomic mass is 32.1. The number of aliphatic carboxylic acids is 1. The predicted octanol–water partition coefficient (Wildman–Crippen LogP) is -2.30. The molecule has 1 saturated heterocycles. The Hall–Kier alpha value is -11.5. The average Bonchev–Trinajstić information content (AvgIpc) is 1.62. The number of guanidine groups is 1. The predicted molar refractivity (Wildman–Crippen MR) is 410 cm³/mol. The molecule has 594 valence electrons. The molecule has 2 heterocycles. The first kappa shape index (κ1) is 87.4. The molecule has 4 aromatic rings. The van der Waals surface area contributed by atoms with Gasteiger partial charge in [0.1, 0.15) is 79.6 Å². The van der Waals surface area contributed by atoms with Crippen molar-refractivity contribution in [2.75, 3.05) is 50.9 Å². The summed E-state index contributed by atoms with van der Waals surface area (Å²) in [5.74, 6) is -14.3. The fourth-order valence-corrected chi connectivity index (χ4v) is 12.7. The van der Waals surface area contributed by atoms with E-state index in [1.54, 1.807) is 24.3 Å². The van der Waals surface area contributed by atoms with Crippen molar-refractivity contribution < 1.29 is 82.1 Å². The molecule has 110 heavy (non-hydrogen) atoms. The van der Waals surface area contributed by atoms with Crippen molar-refractivity contribution in [2.24, 2.45) is 11.5 Å². The lowest BCUT2D eigenvalue weighted by molar-refractivity contribution is -0.146. The Morgan fingerprint density at radius 2 is 1.12 bits per heavy atom. The largest absolute Gasteiger partial charge is 0.481 e. The van der Waals surface area contributed by atoms with Gasteiger partial charge in [-0.15, -0.1) is 13.2 Å². The molecular weight excluding hydrogens is 1470 g/mol. The van der Waals surface area contributed by atoms with E-state index in [1.165, 1.54) is 26.0 Å². The Morgan fingerprint density at radius 1 is 0.618 bits per heavy atom. The van der Waals surface area contributed by atoms with E-state index >= 15 is 0 Å². The molecule has 22 N–H and O–H groups in total. The van der Waals surface area contributed by atoms with Crippen molar-refractivity contribution in [2.45, 2.75) is 150 Å². The lowest BCUT2D eigenvalue weighted by atomic mass is 9.98. The van der Waals surface area contributed by atoms with Crippen LogP contribution >= 0.6 is 25.3 Å². The van der Waals surface area contributed by atoms with Gasteiger partial charge in [0.15, 0.2) is 5.96 Å². The van der Waals surface area contributed by atoms with E-state index in [0.29, 0.717) is 11.2 Å². The number of carboxylic acid groups (broad SMARTS) is 1. The Morgan fingerprint density at radius 3 is 1.71 bits per heavy atom. The number of rotatable bonds is 44. The summed E-state index contributed by atoms with van der Waals surface area (Å²) in [5.41, 5.74) is 16.2. The molecule has 1 unspecified atom stereocenters. The van der Waals surface area contributed by atoms with Crippen LogP contribution < -0.4 is 80.6 Å². The number of alkyl carbamates (subject to hydrolysis) is 1. The second-order valence-corrected chi connectivity index (χ2v) is 26.8. The van der Waals surface area contributed by atoms with Gasteiger partial charge in [-0.05, 0) is 105 Å². The Kier molecular flexibility index (Phi) is 34.5. The third-order valence-electron chi connectivity index (χ3n) is 17.8. The first-order valence-electron chi connectivity index (χ1n) is 35.4. The topological polar surface area (TPSA) is 564 Å². The van der Waals surface area contributed by atoms with Crippen LogP contribution in [0.2, 0.25) is 0 Å². The summed E-state index contributed by atoms with van der Waals surface area (Å²) in [6.45, 7) is 8.27. The summed E-state index contributed by atoms with van der Waals surface area (Å²) in [6.07, 6.45) is 0.358. The number of fused-ring (bicyclic) bond motifs is 4. The molecule has 6 rings (SSSR count). The zero-order chi connectivity index (χ0) is 80.7. The van der Waals surface area contributed by atoms with E-state index in [2.05, 4.69) is 113 Å². The van der Waals surface area contributed by atoms with Crippen LogP contribution in [0.25, 0.3) is 22.0 Å². The fourth-order valence-electron chi connectivity index (χ4n) is 12.2. The number of hydrogen-bond donors (Lipinski definition) is 22. The minimum absolute atomic E-state index is 0.00172. The number of aromatic amines is 1. The third kappa shape index (κ3) is 26.1. The number of aliphatic hydroxyl groups excluding tert-OH is 1. The van der Waals surface area contributed by atoms with Gasteiger partial charge in [0.05, 0.1) is 18.9 Å². The van der Waals surface area contributed by atoms with Crippen LogP contribution in [0.3, 0.4) is 0 Å². The van der Waals surface area contributed by atoms with Crippen molar-refractivity contribution in [3.05, 3.63) is 121 Å². The van der Waals surface area contributed by atoms with Gasteiger partial charge >= 0.3 is 12.1 Å². The number of amidine groups is 1. The molecule has 1 aliphatic carbocycles. The van der Waals surface area contributed by atoms with Gasteiger partial charge in [-0.25, -0.2) is 4.79 Å². The molecular formula is C72H97N19O17S2. The molecule has 0 bridgehead atoms. The molecule has 1 aliphatic heterocycles. The standard InChI is InChI=1S/C72H97N19O17S2/c1-5-16-48(60(74)96)83-63(99)50(24-13-27-77-39(4)73)85-65(101)52(31-41-30-40-18-7-12-23-47(40)81-41)87-61(97)38(3)80-67(103)56(37-110)90-64(100)51(25-14-28-78-71(75)76)86-69(105)57-26-15-29-91(57)70(106)53(32-59(94)95)88-66(102)54(34-92)89-62(98)49(17-6-2)84-68(104)55(36-109)82-58(93)33-79-72(107)108-35-46-44-21-10-8-19-42(44)43-20-9-11-22-45(43)46/h5-12,18-23,30,38,46,48-57,81,92,109-110H,1-2,13-17,24-29,31-37H2,3-4H3,(H2,73,77)(H2,74,96)(H,79,107)(H,80,103)(H,82,93)(H,83,99)(H,84,104)(H,85,101)(H,86,105)(H,87,97)(H,88,102)(H,89,98)(H,90,100)(H,94,95)(H4,75,76,78)/t38-,48-,49-,50-,51-,52-,53-,54-,55-,56-,57?/m0/s1. The second kappa shape index (κ2) is 43.5. The number of amides is 13. The van der Waals surface area contributed by atoms with E-state index in [-0.39, 0.29) is 102 Å². The molecule has 0 radical (unpaired) electrons. The molecule has 0 spiro atoms. The summed E-state index contributed by atoms with van der Waals surface area (Å²) in [7, 11) is 0. The fraction of sp³-hybridized carbons (Fsp3) is 0.444. The number of hydrogen-bond acceptors (Lipinski definition) is 20. The summed E-state index contributed by atoms with van der Waals surface area (Å²) in [6, 6.07) is 7.79. The number of H-pyrrole nitrogens is 1. The number of nitrogens with one attached hydrogen (secondary N) is 16. The molecule has 1 fully saturated rings. The Balaban J connectivity index is 1.07. The van der Waals surface area contributed by atoms with E-state index in [0.717, 1.165) is 32.5 Å². The first-order valence-corrected chi connectivity index (χ1v) is 36.7. The molecule has 11 atom stereocenters. The highest BCUT2D eigenvalue weighted by Crippen LogP contribution is 2.44. The summed E-state index contributed by atoms with van der Waals surface area (Å²) < 4.78 is 5.49. The highest BCUT2D eigenvalue weighted by Gasteiger charge is 2.42. The number of likely N-dealkylation sites (tertiary alicyclic amines) is 1. The quantitative estimate of drug-likeness (QED) is 0.00728. The van der Waals surface area contributed by atoms with Crippen molar-refractivity contribution in [1.82, 2.24) is 79.0 Å². The van der Waals surface area contributed by atoms with Crippen molar-refractivity contribution in [3.8, 4) is 11.1 Å². The first-order chi connectivity index (χ1) is 52.5. The average molecular weight is 1560 g/mol. The maximum absolute atomic E-state index is 14.4. The summed E-state index contributed by atoms with van der Waals surface area (Å²) >= 11 is 8.46. The maximum atomic E-state index is 14.4. The van der Waals surface area contributed by atoms with Gasteiger partial charge < -0.3 is 105 Å². The monoisotopic (exact) mass is 1560 g/mol. The summed E-state index contributed by atoms with van der Waals surface area (Å²) in [4.78, 5) is 195. The normalized spacial score (nSPS) is 15.5. The number of primary amides is 1. The van der Waals surface area contributed by atoms with Crippen LogP contribution in [0.4, 0.5) is 4.79 Å². The molecule has 1 aromatic heterocycles. The minimum Gasteiger partial charge on any atom is -0.481 e. The zero-order valence-corrected chi connectivity index (χ0v) is 62.5. The molecule has 38 heteroatoms. The lowest BCUT2D eigenvalue weighted by Gasteiger charge is -2.30. The number of nitrogens with zero attached hydrogens (tertiary/aromatic N) is 1. The zero-order valence-electron chi connectivity index (χ0n) is 60.7. The van der Waals surface area contributed by atoms with Gasteiger partial charge in [0.25, 0.3) is 0 Å². The Labute approximate surface area is 644 Å². The number of ether oxygens (including phenoxy) is 1.